The van der Waals surface area contributed by atoms with Crippen LogP contribution in [0.1, 0.15) is 81.4 Å². The molecule has 0 fully saturated rings. The Hall–Kier alpha value is -3.30. The predicted octanol–water partition coefficient (Wildman–Crippen LogP) is 9.66. The Morgan fingerprint density at radius 3 is 1.49 bits per heavy atom. The molecule has 0 bridgehead atoms. The number of unbranched alkanes of at least 4 members (excludes halogenated alkanes) is 6. The van der Waals surface area contributed by atoms with E-state index in [1.807, 2.05) is 30.3 Å². The fraction of sp³-hybridized carbons (Fsp3) is 0.389. The molecule has 0 aliphatic rings. The average Bonchev–Trinajstić information content (AvgIpc) is 3.00. The van der Waals surface area contributed by atoms with E-state index in [2.05, 4.69) is 79.8 Å². The molecule has 0 atom stereocenters. The summed E-state index contributed by atoms with van der Waals surface area (Å²) < 4.78 is 17.8. The van der Waals surface area contributed by atoms with Crippen LogP contribution < -0.4 is 9.47 Å². The molecule has 0 radical (unpaired) electrons. The van der Waals surface area contributed by atoms with Crippen molar-refractivity contribution in [3.63, 3.8) is 0 Å². The van der Waals surface area contributed by atoms with Crippen LogP contribution in [-0.4, -0.2) is 20.8 Å². The summed E-state index contributed by atoms with van der Waals surface area (Å²) in [7, 11) is 3.39. The molecule has 3 rings (SSSR count). The van der Waals surface area contributed by atoms with Crippen molar-refractivity contribution in [2.45, 2.75) is 70.3 Å². The number of rotatable bonds is 18. The van der Waals surface area contributed by atoms with Crippen LogP contribution in [0.5, 0.6) is 11.5 Å². The number of allylic oxidation sites excluding steroid dienone is 4. The molecule has 0 heterocycles. The molecule has 3 nitrogen and oxygen atoms in total. The Labute approximate surface area is 236 Å². The van der Waals surface area contributed by atoms with Gasteiger partial charge in [-0.3, -0.25) is 0 Å². The summed E-state index contributed by atoms with van der Waals surface area (Å²) in [5.74, 6) is 1.66. The molecule has 0 N–H and O–H groups in total. The van der Waals surface area contributed by atoms with Gasteiger partial charge in [0.25, 0.3) is 0 Å². The SMILES string of the molecule is CCC=CCCCC/C=C\CCCCCOC(c1ccccc1)(c1ccc(OC)cc1)c1ccc(OC)cc1. The van der Waals surface area contributed by atoms with E-state index in [0.29, 0.717) is 6.61 Å². The minimum Gasteiger partial charge on any atom is -0.497 e. The molecule has 208 valence electrons. The molecule has 0 amide bonds. The van der Waals surface area contributed by atoms with E-state index in [1.165, 1.54) is 32.1 Å². The highest BCUT2D eigenvalue weighted by Crippen LogP contribution is 2.41. The number of hydrogen-bond donors (Lipinski definition) is 0. The average molecular weight is 527 g/mol. The molecule has 0 saturated carbocycles. The Morgan fingerprint density at radius 1 is 0.538 bits per heavy atom. The van der Waals surface area contributed by atoms with Crippen LogP contribution in [0.3, 0.4) is 0 Å². The third-order valence-corrected chi connectivity index (χ3v) is 7.07. The number of ether oxygens (including phenoxy) is 3. The maximum absolute atomic E-state index is 6.93. The maximum atomic E-state index is 6.93. The third-order valence-electron chi connectivity index (χ3n) is 7.07. The fourth-order valence-electron chi connectivity index (χ4n) is 4.89. The molecule has 39 heavy (non-hydrogen) atoms. The first-order valence-electron chi connectivity index (χ1n) is 14.5. The summed E-state index contributed by atoms with van der Waals surface area (Å²) in [5.41, 5.74) is 2.53. The summed E-state index contributed by atoms with van der Waals surface area (Å²) >= 11 is 0. The highest BCUT2D eigenvalue weighted by molar-refractivity contribution is 5.49. The largest absolute Gasteiger partial charge is 0.497 e. The van der Waals surface area contributed by atoms with Gasteiger partial charge < -0.3 is 14.2 Å². The van der Waals surface area contributed by atoms with E-state index >= 15 is 0 Å². The number of methoxy groups -OCH3 is 2. The van der Waals surface area contributed by atoms with Gasteiger partial charge in [0, 0.05) is 6.61 Å². The Kier molecular flexibility index (Phi) is 13.4. The molecular formula is C36H46O3. The molecule has 3 aromatic rings. The molecular weight excluding hydrogens is 480 g/mol. The van der Waals surface area contributed by atoms with Crippen molar-refractivity contribution in [2.24, 2.45) is 0 Å². The first-order valence-corrected chi connectivity index (χ1v) is 14.5. The minimum atomic E-state index is -0.730. The second kappa shape index (κ2) is 17.3. The second-order valence-electron chi connectivity index (χ2n) is 9.84. The first-order chi connectivity index (χ1) is 19.2. The van der Waals surface area contributed by atoms with Crippen LogP contribution in [-0.2, 0) is 10.3 Å². The molecule has 3 heteroatoms. The van der Waals surface area contributed by atoms with Crippen LogP contribution in [0.25, 0.3) is 0 Å². The smallest absolute Gasteiger partial charge is 0.143 e. The van der Waals surface area contributed by atoms with Crippen LogP contribution in [0.2, 0.25) is 0 Å². The molecule has 0 aromatic heterocycles. The van der Waals surface area contributed by atoms with E-state index in [-0.39, 0.29) is 0 Å². The normalized spacial score (nSPS) is 11.9. The van der Waals surface area contributed by atoms with Crippen molar-refractivity contribution < 1.29 is 14.2 Å². The predicted molar refractivity (Wildman–Crippen MR) is 164 cm³/mol. The van der Waals surface area contributed by atoms with Gasteiger partial charge in [-0.1, -0.05) is 92.2 Å². The second-order valence-corrected chi connectivity index (χ2v) is 9.84. The molecule has 0 aliphatic carbocycles. The topological polar surface area (TPSA) is 27.7 Å². The van der Waals surface area contributed by atoms with E-state index in [0.717, 1.165) is 53.9 Å². The lowest BCUT2D eigenvalue weighted by atomic mass is 9.80. The van der Waals surface area contributed by atoms with Gasteiger partial charge in [-0.05, 0) is 92.3 Å². The van der Waals surface area contributed by atoms with Gasteiger partial charge >= 0.3 is 0 Å². The molecule has 3 aromatic carbocycles. The number of benzene rings is 3. The van der Waals surface area contributed by atoms with Crippen molar-refractivity contribution in [1.82, 2.24) is 0 Å². The van der Waals surface area contributed by atoms with Crippen LogP contribution >= 0.6 is 0 Å². The van der Waals surface area contributed by atoms with Crippen molar-refractivity contribution >= 4 is 0 Å². The molecule has 0 unspecified atom stereocenters. The molecule has 0 aliphatic heterocycles. The van der Waals surface area contributed by atoms with Crippen molar-refractivity contribution in [1.29, 1.82) is 0 Å². The lowest BCUT2D eigenvalue weighted by Gasteiger charge is -2.36. The van der Waals surface area contributed by atoms with Gasteiger partial charge in [-0.15, -0.1) is 0 Å². The fourth-order valence-corrected chi connectivity index (χ4v) is 4.89. The van der Waals surface area contributed by atoms with E-state index in [1.54, 1.807) is 14.2 Å². The van der Waals surface area contributed by atoms with Gasteiger partial charge in [-0.25, -0.2) is 0 Å². The van der Waals surface area contributed by atoms with Crippen molar-refractivity contribution in [2.75, 3.05) is 20.8 Å². The van der Waals surface area contributed by atoms with Gasteiger partial charge in [0.1, 0.15) is 17.1 Å². The molecule has 0 saturated heterocycles. The highest BCUT2D eigenvalue weighted by Gasteiger charge is 2.37. The lowest BCUT2D eigenvalue weighted by Crippen LogP contribution is -2.33. The third kappa shape index (κ3) is 9.14. The van der Waals surface area contributed by atoms with Crippen LogP contribution in [0.4, 0.5) is 0 Å². The summed E-state index contributed by atoms with van der Waals surface area (Å²) in [6, 6.07) is 27.0. The lowest BCUT2D eigenvalue weighted by molar-refractivity contribution is 0.0106. The van der Waals surface area contributed by atoms with E-state index < -0.39 is 5.60 Å². The van der Waals surface area contributed by atoms with Crippen LogP contribution in [0, 0.1) is 0 Å². The van der Waals surface area contributed by atoms with Gasteiger partial charge in [0.05, 0.1) is 14.2 Å². The molecule has 0 spiro atoms. The zero-order chi connectivity index (χ0) is 27.6. The van der Waals surface area contributed by atoms with E-state index in [9.17, 15) is 0 Å². The van der Waals surface area contributed by atoms with Crippen molar-refractivity contribution in [3.05, 3.63) is 120 Å². The van der Waals surface area contributed by atoms with Crippen molar-refractivity contribution in [3.8, 4) is 11.5 Å². The Morgan fingerprint density at radius 2 is 1.00 bits per heavy atom. The maximum Gasteiger partial charge on any atom is 0.143 e. The Balaban J connectivity index is 1.65. The van der Waals surface area contributed by atoms with E-state index in [4.69, 9.17) is 14.2 Å². The van der Waals surface area contributed by atoms with Gasteiger partial charge in [-0.2, -0.15) is 0 Å². The monoisotopic (exact) mass is 526 g/mol. The highest BCUT2D eigenvalue weighted by atomic mass is 16.5. The zero-order valence-corrected chi connectivity index (χ0v) is 24.1. The Bertz CT molecular complexity index is 1050. The first kappa shape index (κ1) is 30.2. The summed E-state index contributed by atoms with van der Waals surface area (Å²) in [6.07, 6.45) is 19.8. The standard InChI is InChI=1S/C36H46O3/c1-4-5-6-7-8-9-10-11-12-13-14-15-19-30-39-36(31-20-17-16-18-21-31,32-22-26-34(37-2)27-23-32)33-24-28-35(38-3)29-25-33/h5-6,11-12,16-18,20-29H,4,7-10,13-15,19,30H2,1-3H3/b6-5?,12-11-. The van der Waals surface area contributed by atoms with Gasteiger partial charge in [0.15, 0.2) is 0 Å². The quantitative estimate of drug-likeness (QED) is 0.0938. The minimum absolute atomic E-state index is 0.669. The zero-order valence-electron chi connectivity index (χ0n) is 24.1. The van der Waals surface area contributed by atoms with Crippen LogP contribution in [0.15, 0.2) is 103 Å². The summed E-state index contributed by atoms with van der Waals surface area (Å²) in [4.78, 5) is 0. The number of hydrogen-bond acceptors (Lipinski definition) is 3. The summed E-state index contributed by atoms with van der Waals surface area (Å²) in [6.45, 7) is 2.86. The summed E-state index contributed by atoms with van der Waals surface area (Å²) in [5, 5.41) is 0. The van der Waals surface area contributed by atoms with Gasteiger partial charge in [0.2, 0.25) is 0 Å².